The Morgan fingerprint density at radius 1 is 0.765 bits per heavy atom. The number of nitrogens with zero attached hydrogens (tertiary/aromatic N) is 4. The Hall–Kier alpha value is -3.79. The molecular weight excluding hydrogens is 597 g/mol. The van der Waals surface area contributed by atoms with Crippen molar-refractivity contribution in [3.8, 4) is 39.3 Å². The fourth-order valence-corrected chi connectivity index (χ4v) is 4.39. The van der Waals surface area contributed by atoms with E-state index in [0.29, 0.717) is 0 Å². The molecule has 0 unspecified atom stereocenters. The van der Waals surface area contributed by atoms with Crippen molar-refractivity contribution in [2.45, 2.75) is 0 Å². The van der Waals surface area contributed by atoms with Crippen LogP contribution in [-0.2, 0) is 27.2 Å². The van der Waals surface area contributed by atoms with E-state index in [1.54, 1.807) is 0 Å². The van der Waals surface area contributed by atoms with Gasteiger partial charge in [0.1, 0.15) is 0 Å². The molecule has 0 atom stereocenters. The van der Waals surface area contributed by atoms with Crippen molar-refractivity contribution in [3.05, 3.63) is 116 Å². The number of para-hydroxylation sites is 1. The van der Waals surface area contributed by atoms with Crippen molar-refractivity contribution < 1.29 is 20.1 Å². The molecule has 2 aromatic heterocycles. The Labute approximate surface area is 211 Å². The summed E-state index contributed by atoms with van der Waals surface area (Å²) < 4.78 is 4.17. The number of hydrogen-bond acceptors (Lipinski definition) is 2. The van der Waals surface area contributed by atoms with Crippen LogP contribution in [0, 0.1) is 6.07 Å². The van der Waals surface area contributed by atoms with Gasteiger partial charge in [-0.05, 0) is 16.6 Å². The third-order valence-corrected chi connectivity index (χ3v) is 5.99. The summed E-state index contributed by atoms with van der Waals surface area (Å²) in [6.07, 6.45) is 5.70. The number of aryl methyl sites for hydroxylation is 1. The van der Waals surface area contributed by atoms with Gasteiger partial charge in [-0.1, -0.05) is 78.9 Å². The van der Waals surface area contributed by atoms with Gasteiger partial charge in [-0.2, -0.15) is 0 Å². The van der Waals surface area contributed by atoms with Crippen molar-refractivity contribution in [1.82, 2.24) is 19.1 Å². The molecule has 0 N–H and O–H groups in total. The first-order valence-corrected chi connectivity index (χ1v) is 10.9. The molecule has 0 aliphatic rings. The van der Waals surface area contributed by atoms with E-state index in [-0.39, 0.29) is 20.1 Å². The fraction of sp³-hybridized carbons (Fsp3) is 0.0345. The first kappa shape index (κ1) is 22.0. The Bertz CT molecular complexity index is 1510. The molecule has 0 spiro atoms. The molecule has 0 fully saturated rings. The molecule has 1 radical (unpaired) electrons. The van der Waals surface area contributed by atoms with Crippen LogP contribution in [0.3, 0.4) is 0 Å². The van der Waals surface area contributed by atoms with Gasteiger partial charge in [0, 0.05) is 56.2 Å². The van der Waals surface area contributed by atoms with Crippen molar-refractivity contribution in [3.63, 3.8) is 0 Å². The summed E-state index contributed by atoms with van der Waals surface area (Å²) in [6, 6.07) is 34.9. The molecule has 167 valence electrons. The van der Waals surface area contributed by atoms with Gasteiger partial charge in [-0.25, -0.2) is 0 Å². The molecule has 34 heavy (non-hydrogen) atoms. The normalized spacial score (nSPS) is 10.9. The second-order valence-electron chi connectivity index (χ2n) is 8.03. The van der Waals surface area contributed by atoms with Gasteiger partial charge in [-0.15, -0.1) is 23.8 Å². The van der Waals surface area contributed by atoms with Crippen LogP contribution in [0.25, 0.3) is 50.4 Å². The van der Waals surface area contributed by atoms with E-state index >= 15 is 0 Å². The number of rotatable bonds is 4. The molecule has 4 nitrogen and oxygen atoms in total. The molecule has 6 rings (SSSR count). The third kappa shape index (κ3) is 3.79. The SMILES string of the molecule is Cn1cnc2cc(-c3nccn3-c3c(-c4ccccc4)cccc3-c3ccccc3)[c-]cc21.[Ir]. The Morgan fingerprint density at radius 2 is 1.41 bits per heavy atom. The molecule has 0 amide bonds. The first-order valence-electron chi connectivity index (χ1n) is 10.9. The van der Waals surface area contributed by atoms with Gasteiger partial charge < -0.3 is 9.13 Å². The van der Waals surface area contributed by atoms with Gasteiger partial charge in [0.15, 0.2) is 0 Å². The zero-order valence-electron chi connectivity index (χ0n) is 18.5. The Balaban J connectivity index is 0.00000241. The zero-order chi connectivity index (χ0) is 22.2. The van der Waals surface area contributed by atoms with Crippen LogP contribution in [0.15, 0.2) is 110 Å². The number of hydrogen-bond donors (Lipinski definition) is 0. The van der Waals surface area contributed by atoms with Crippen molar-refractivity contribution in [2.24, 2.45) is 7.05 Å². The van der Waals surface area contributed by atoms with Gasteiger partial charge in [0.05, 0.1) is 17.8 Å². The topological polar surface area (TPSA) is 35.6 Å². The average Bonchev–Trinajstić information content (AvgIpc) is 3.51. The second kappa shape index (κ2) is 9.22. The van der Waals surface area contributed by atoms with Crippen LogP contribution in [0.5, 0.6) is 0 Å². The predicted octanol–water partition coefficient (Wildman–Crippen LogP) is 6.56. The van der Waals surface area contributed by atoms with Crippen LogP contribution in [0.4, 0.5) is 0 Å². The Morgan fingerprint density at radius 3 is 2.06 bits per heavy atom. The maximum atomic E-state index is 4.74. The average molecular weight is 618 g/mol. The standard InChI is InChI=1S/C29H21N4.Ir/c1-32-20-31-26-19-23(15-16-27(26)32)29-30-17-18-33(29)28-24(21-9-4-2-5-10-21)13-8-14-25(28)22-11-6-3-7-12-22;/h2-14,16-20H,1H3;/q-1;. The summed E-state index contributed by atoms with van der Waals surface area (Å²) in [4.78, 5) is 9.27. The van der Waals surface area contributed by atoms with E-state index in [1.807, 2.05) is 48.5 Å². The number of imidazole rings is 2. The summed E-state index contributed by atoms with van der Waals surface area (Å²) in [5.74, 6) is 0.836. The summed E-state index contributed by atoms with van der Waals surface area (Å²) in [7, 11) is 1.99. The van der Waals surface area contributed by atoms with Crippen LogP contribution >= 0.6 is 0 Å². The van der Waals surface area contributed by atoms with E-state index in [4.69, 9.17) is 4.98 Å². The molecule has 0 saturated carbocycles. The van der Waals surface area contributed by atoms with Gasteiger partial charge in [-0.3, -0.25) is 9.97 Å². The maximum absolute atomic E-state index is 4.74. The summed E-state index contributed by atoms with van der Waals surface area (Å²) in [6.45, 7) is 0. The first-order chi connectivity index (χ1) is 16.3. The van der Waals surface area contributed by atoms with Crippen molar-refractivity contribution >= 4 is 11.0 Å². The molecule has 5 heteroatoms. The largest absolute Gasteiger partial charge is 0.373 e. The third-order valence-electron chi connectivity index (χ3n) is 5.99. The molecule has 0 aliphatic heterocycles. The summed E-state index contributed by atoms with van der Waals surface area (Å²) in [5.41, 5.74) is 8.60. The maximum Gasteiger partial charge on any atom is 0.0853 e. The minimum Gasteiger partial charge on any atom is -0.373 e. The predicted molar refractivity (Wildman–Crippen MR) is 133 cm³/mol. The van der Waals surface area contributed by atoms with E-state index < -0.39 is 0 Å². The minimum absolute atomic E-state index is 0. The van der Waals surface area contributed by atoms with Crippen LogP contribution in [0.1, 0.15) is 0 Å². The van der Waals surface area contributed by atoms with Gasteiger partial charge in [0.2, 0.25) is 0 Å². The van der Waals surface area contributed by atoms with Crippen LogP contribution in [0.2, 0.25) is 0 Å². The van der Waals surface area contributed by atoms with Gasteiger partial charge >= 0.3 is 0 Å². The van der Waals surface area contributed by atoms with E-state index in [0.717, 1.165) is 50.4 Å². The number of aromatic nitrogens is 4. The molecule has 6 aromatic rings. The molecule has 4 aromatic carbocycles. The second-order valence-corrected chi connectivity index (χ2v) is 8.03. The van der Waals surface area contributed by atoms with Crippen molar-refractivity contribution in [1.29, 1.82) is 0 Å². The number of fused-ring (bicyclic) bond motifs is 1. The number of benzene rings is 4. The van der Waals surface area contributed by atoms with Crippen molar-refractivity contribution in [2.75, 3.05) is 0 Å². The molecule has 0 aliphatic carbocycles. The molecular formula is C29H21IrN4-. The summed E-state index contributed by atoms with van der Waals surface area (Å²) in [5, 5.41) is 0. The summed E-state index contributed by atoms with van der Waals surface area (Å²) >= 11 is 0. The van der Waals surface area contributed by atoms with Gasteiger partial charge in [0.25, 0.3) is 0 Å². The van der Waals surface area contributed by atoms with E-state index in [1.165, 1.54) is 0 Å². The van der Waals surface area contributed by atoms with Crippen LogP contribution in [-0.4, -0.2) is 19.1 Å². The minimum atomic E-state index is 0. The quantitative estimate of drug-likeness (QED) is 0.210. The molecule has 0 saturated heterocycles. The Kier molecular flexibility index (Phi) is 5.97. The smallest absolute Gasteiger partial charge is 0.0853 e. The van der Waals surface area contributed by atoms with E-state index in [2.05, 4.69) is 88.4 Å². The van der Waals surface area contributed by atoms with E-state index in [9.17, 15) is 0 Å². The van der Waals surface area contributed by atoms with Crippen LogP contribution < -0.4 is 0 Å². The molecule has 2 heterocycles. The molecule has 0 bridgehead atoms. The zero-order valence-corrected chi connectivity index (χ0v) is 20.9. The monoisotopic (exact) mass is 618 g/mol. The fourth-order valence-electron chi connectivity index (χ4n) is 4.39.